The van der Waals surface area contributed by atoms with Gasteiger partial charge >= 0.3 is 0 Å². The summed E-state index contributed by atoms with van der Waals surface area (Å²) in [6.07, 6.45) is 3.95. The Hall–Kier alpha value is -1.60. The summed E-state index contributed by atoms with van der Waals surface area (Å²) in [4.78, 5) is 7.18. The summed E-state index contributed by atoms with van der Waals surface area (Å²) < 4.78 is 10.4. The zero-order valence-corrected chi connectivity index (χ0v) is 15.8. The number of guanidine groups is 1. The molecule has 1 aromatic heterocycles. The third kappa shape index (κ3) is 6.32. The molecule has 0 aliphatic carbocycles. The van der Waals surface area contributed by atoms with Gasteiger partial charge in [-0.3, -0.25) is 4.90 Å². The zero-order valence-electron chi connectivity index (χ0n) is 15.8. The van der Waals surface area contributed by atoms with Gasteiger partial charge in [-0.25, -0.2) is 4.99 Å². The van der Waals surface area contributed by atoms with Crippen molar-refractivity contribution in [2.24, 2.45) is 10.9 Å². The van der Waals surface area contributed by atoms with Crippen molar-refractivity contribution in [3.05, 3.63) is 18.0 Å². The minimum atomic E-state index is 0.495. The molecule has 1 fully saturated rings. The summed E-state index contributed by atoms with van der Waals surface area (Å²) in [5.74, 6) is 1.50. The lowest BCUT2D eigenvalue weighted by atomic mass is 9.92. The largest absolute Gasteiger partial charge is 0.379 e. The first kappa shape index (κ1) is 19.7. The van der Waals surface area contributed by atoms with Gasteiger partial charge in [0, 0.05) is 38.3 Å². The monoisotopic (exact) mass is 351 g/mol. The molecular weight excluding hydrogens is 318 g/mol. The summed E-state index contributed by atoms with van der Waals surface area (Å²) in [6.45, 7) is 12.6. The van der Waals surface area contributed by atoms with Gasteiger partial charge in [-0.05, 0) is 12.8 Å². The SMILES string of the molecule is CCNC(=NCc1ccon1)NCC(C(CC)CC)N1CCOCC1. The average Bonchev–Trinajstić information content (AvgIpc) is 3.17. The Bertz CT molecular complexity index is 482. The van der Waals surface area contributed by atoms with E-state index in [1.54, 1.807) is 6.26 Å². The number of nitrogens with zero attached hydrogens (tertiary/aromatic N) is 3. The number of aromatic nitrogens is 1. The van der Waals surface area contributed by atoms with Crippen molar-refractivity contribution in [1.29, 1.82) is 0 Å². The summed E-state index contributed by atoms with van der Waals surface area (Å²) >= 11 is 0. The molecule has 7 nitrogen and oxygen atoms in total. The standard InChI is InChI=1S/C18H33N5O2/c1-4-15(5-2)17(23-8-11-24-12-9-23)14-21-18(19-6-3)20-13-16-7-10-25-22-16/h7,10,15,17H,4-6,8-9,11-14H2,1-3H3,(H2,19,20,21). The van der Waals surface area contributed by atoms with Crippen molar-refractivity contribution in [3.63, 3.8) is 0 Å². The van der Waals surface area contributed by atoms with Gasteiger partial charge in [0.1, 0.15) is 12.0 Å². The van der Waals surface area contributed by atoms with Gasteiger partial charge in [0.05, 0.1) is 19.8 Å². The van der Waals surface area contributed by atoms with Gasteiger partial charge in [-0.1, -0.05) is 31.8 Å². The van der Waals surface area contributed by atoms with Crippen LogP contribution >= 0.6 is 0 Å². The quantitative estimate of drug-likeness (QED) is 0.523. The highest BCUT2D eigenvalue weighted by Crippen LogP contribution is 2.19. The van der Waals surface area contributed by atoms with Crippen LogP contribution in [-0.2, 0) is 11.3 Å². The molecule has 1 atom stereocenters. The second-order valence-corrected chi connectivity index (χ2v) is 6.36. The van der Waals surface area contributed by atoms with E-state index >= 15 is 0 Å². The van der Waals surface area contributed by atoms with Crippen LogP contribution in [0.1, 0.15) is 39.3 Å². The lowest BCUT2D eigenvalue weighted by molar-refractivity contribution is 0.00272. The summed E-state index contributed by atoms with van der Waals surface area (Å²) in [7, 11) is 0. The zero-order chi connectivity index (χ0) is 17.9. The van der Waals surface area contributed by atoms with E-state index in [0.717, 1.165) is 51.0 Å². The molecule has 1 aliphatic heterocycles. The van der Waals surface area contributed by atoms with E-state index < -0.39 is 0 Å². The molecule has 2 heterocycles. The number of ether oxygens (including phenoxy) is 1. The normalized spacial score (nSPS) is 17.7. The van der Waals surface area contributed by atoms with Crippen LogP contribution in [0.3, 0.4) is 0 Å². The Labute approximate surface area is 151 Å². The maximum Gasteiger partial charge on any atom is 0.191 e. The van der Waals surface area contributed by atoms with Gasteiger partial charge in [0.15, 0.2) is 5.96 Å². The Morgan fingerprint density at radius 3 is 2.60 bits per heavy atom. The number of morpholine rings is 1. The highest BCUT2D eigenvalue weighted by Gasteiger charge is 2.26. The van der Waals surface area contributed by atoms with Crippen LogP contribution in [-0.4, -0.2) is 61.5 Å². The Kier molecular flexibility index (Phi) is 8.76. The molecule has 25 heavy (non-hydrogen) atoms. The molecule has 0 spiro atoms. The fourth-order valence-electron chi connectivity index (χ4n) is 3.36. The maximum absolute atomic E-state index is 5.53. The fraction of sp³-hybridized carbons (Fsp3) is 0.778. The summed E-state index contributed by atoms with van der Waals surface area (Å²) in [5.41, 5.74) is 0.835. The highest BCUT2D eigenvalue weighted by molar-refractivity contribution is 5.79. The van der Waals surface area contributed by atoms with Crippen LogP contribution < -0.4 is 10.6 Å². The molecule has 1 unspecified atom stereocenters. The molecule has 0 aromatic carbocycles. The molecular formula is C18H33N5O2. The topological polar surface area (TPSA) is 74.9 Å². The van der Waals surface area contributed by atoms with Crippen molar-refractivity contribution in [2.45, 2.75) is 46.2 Å². The summed E-state index contributed by atoms with van der Waals surface area (Å²) in [5, 5.41) is 10.8. The number of hydrogen-bond donors (Lipinski definition) is 2. The van der Waals surface area contributed by atoms with E-state index in [9.17, 15) is 0 Å². The van der Waals surface area contributed by atoms with Gasteiger partial charge in [-0.15, -0.1) is 0 Å². The van der Waals surface area contributed by atoms with Crippen molar-refractivity contribution < 1.29 is 9.26 Å². The van der Waals surface area contributed by atoms with E-state index in [0.29, 0.717) is 18.5 Å². The van der Waals surface area contributed by atoms with E-state index in [2.05, 4.69) is 46.5 Å². The second kappa shape index (κ2) is 11.1. The van der Waals surface area contributed by atoms with Gasteiger partial charge in [-0.2, -0.15) is 0 Å². The predicted molar refractivity (Wildman–Crippen MR) is 99.6 cm³/mol. The third-order valence-corrected chi connectivity index (χ3v) is 4.82. The molecule has 1 saturated heterocycles. The smallest absolute Gasteiger partial charge is 0.191 e. The first-order valence-electron chi connectivity index (χ1n) is 9.51. The average molecular weight is 351 g/mol. The van der Waals surface area contributed by atoms with Crippen LogP contribution in [0.15, 0.2) is 21.8 Å². The molecule has 142 valence electrons. The predicted octanol–water partition coefficient (Wildman–Crippen LogP) is 1.87. The number of nitrogens with one attached hydrogen (secondary N) is 2. The van der Waals surface area contributed by atoms with Crippen LogP contribution in [0, 0.1) is 5.92 Å². The third-order valence-electron chi connectivity index (χ3n) is 4.82. The van der Waals surface area contributed by atoms with Crippen molar-refractivity contribution in [3.8, 4) is 0 Å². The Morgan fingerprint density at radius 1 is 1.24 bits per heavy atom. The fourth-order valence-corrected chi connectivity index (χ4v) is 3.36. The lowest BCUT2D eigenvalue weighted by Crippen LogP contribution is -2.53. The molecule has 2 N–H and O–H groups in total. The molecule has 2 rings (SSSR count). The molecule has 1 aliphatic rings. The van der Waals surface area contributed by atoms with Gasteiger partial charge in [0.25, 0.3) is 0 Å². The number of hydrogen-bond acceptors (Lipinski definition) is 5. The Balaban J connectivity index is 1.98. The van der Waals surface area contributed by atoms with Crippen LogP contribution in [0.5, 0.6) is 0 Å². The molecule has 7 heteroatoms. The van der Waals surface area contributed by atoms with Gasteiger partial charge in [0.2, 0.25) is 0 Å². The van der Waals surface area contributed by atoms with Crippen molar-refractivity contribution in [1.82, 2.24) is 20.7 Å². The second-order valence-electron chi connectivity index (χ2n) is 6.36. The minimum absolute atomic E-state index is 0.495. The minimum Gasteiger partial charge on any atom is -0.379 e. The molecule has 0 amide bonds. The summed E-state index contributed by atoms with van der Waals surface area (Å²) in [6, 6.07) is 2.34. The highest BCUT2D eigenvalue weighted by atomic mass is 16.5. The molecule has 0 bridgehead atoms. The van der Waals surface area contributed by atoms with Crippen molar-refractivity contribution in [2.75, 3.05) is 39.4 Å². The molecule has 0 radical (unpaired) electrons. The van der Waals surface area contributed by atoms with Crippen LogP contribution in [0.25, 0.3) is 0 Å². The van der Waals surface area contributed by atoms with E-state index in [4.69, 9.17) is 9.26 Å². The maximum atomic E-state index is 5.53. The first-order chi connectivity index (χ1) is 12.3. The van der Waals surface area contributed by atoms with Crippen LogP contribution in [0.2, 0.25) is 0 Å². The van der Waals surface area contributed by atoms with Gasteiger partial charge < -0.3 is 19.9 Å². The van der Waals surface area contributed by atoms with Crippen LogP contribution in [0.4, 0.5) is 0 Å². The van der Waals surface area contributed by atoms with E-state index in [1.807, 2.05) is 6.07 Å². The molecule has 0 saturated carbocycles. The van der Waals surface area contributed by atoms with E-state index in [-0.39, 0.29) is 0 Å². The first-order valence-corrected chi connectivity index (χ1v) is 9.51. The van der Waals surface area contributed by atoms with E-state index in [1.165, 1.54) is 12.8 Å². The van der Waals surface area contributed by atoms with Crippen molar-refractivity contribution >= 4 is 5.96 Å². The molecule has 1 aromatic rings. The lowest BCUT2D eigenvalue weighted by Gasteiger charge is -2.39. The number of aliphatic imine (C=N–C) groups is 1. The Morgan fingerprint density at radius 2 is 2.00 bits per heavy atom. The number of rotatable bonds is 9.